The molecule has 1 amide bonds. The lowest BCUT2D eigenvalue weighted by molar-refractivity contribution is -0.302. The standard InChI is InChI=1S/C43H68FNO11/c1-10-30-20-25(3)37(44)26(4)21-35(53-8)39-36(54-9)22-28(6)43(51,56-39)40(48)41(49)45-18-12-11-13-31(45)42(50)55-38(24(2)14-16-32(30)46)27(5)19-29-15-17-33(47)34(23-29)52-7/h19-20,24,26,28-31,33-39,47,51H,10-18,21-23H2,1-9H3. The van der Waals surface area contributed by atoms with Gasteiger partial charge in [-0.3, -0.25) is 14.4 Å². The number of ketones is 2. The Kier molecular flexibility index (Phi) is 16.8. The van der Waals surface area contributed by atoms with Crippen LogP contribution in [0.1, 0.15) is 112 Å². The normalized spacial score (nSPS) is 40.6. The second-order valence-corrected chi connectivity index (χ2v) is 17.0. The highest BCUT2D eigenvalue weighted by molar-refractivity contribution is 6.39. The highest BCUT2D eigenvalue weighted by atomic mass is 19.1. The molecule has 0 radical (unpaired) electrons. The molecule has 318 valence electrons. The number of aliphatic hydroxyl groups is 2. The van der Waals surface area contributed by atoms with Crippen molar-refractivity contribution in [2.75, 3.05) is 27.9 Å². The molecule has 12 nitrogen and oxygen atoms in total. The monoisotopic (exact) mass is 793 g/mol. The number of rotatable bonds is 6. The van der Waals surface area contributed by atoms with Crippen molar-refractivity contribution >= 4 is 23.4 Å². The van der Waals surface area contributed by atoms with Gasteiger partial charge in [0.2, 0.25) is 5.79 Å². The number of esters is 1. The van der Waals surface area contributed by atoms with Crippen molar-refractivity contribution in [3.8, 4) is 0 Å². The summed E-state index contributed by atoms with van der Waals surface area (Å²) in [6, 6.07) is -1.09. The number of carbonyl (C=O) groups excluding carboxylic acids is 4. The molecule has 1 saturated carbocycles. The molecule has 2 N–H and O–H groups in total. The fraction of sp³-hybridized carbons (Fsp3) is 0.814. The molecule has 0 spiro atoms. The number of hydrogen-bond donors (Lipinski definition) is 2. The molecular formula is C43H68FNO11. The number of aliphatic hydroxyl groups excluding tert-OH is 1. The number of methoxy groups -OCH3 is 3. The van der Waals surface area contributed by atoms with Crippen LogP contribution in [0.5, 0.6) is 0 Å². The average Bonchev–Trinajstić information content (AvgIpc) is 3.19. The minimum Gasteiger partial charge on any atom is -0.456 e. The summed E-state index contributed by atoms with van der Waals surface area (Å²) in [5.41, 5.74) is 1.19. The van der Waals surface area contributed by atoms with Gasteiger partial charge < -0.3 is 38.8 Å². The first-order chi connectivity index (χ1) is 26.5. The maximum Gasteiger partial charge on any atom is 0.329 e. The Morgan fingerprint density at radius 1 is 0.946 bits per heavy atom. The summed E-state index contributed by atoms with van der Waals surface area (Å²) >= 11 is 0. The number of alkyl halides is 1. The van der Waals surface area contributed by atoms with E-state index in [0.717, 1.165) is 12.0 Å². The molecule has 3 fully saturated rings. The summed E-state index contributed by atoms with van der Waals surface area (Å²) in [6.45, 7) is 10.8. The van der Waals surface area contributed by atoms with Gasteiger partial charge in [-0.25, -0.2) is 9.18 Å². The minimum atomic E-state index is -2.56. The first kappa shape index (κ1) is 46.1. The van der Waals surface area contributed by atoms with E-state index < -0.39 is 83.9 Å². The van der Waals surface area contributed by atoms with Crippen molar-refractivity contribution in [1.82, 2.24) is 4.90 Å². The number of fused-ring (bicyclic) bond motifs is 3. The Labute approximate surface area is 332 Å². The van der Waals surface area contributed by atoms with E-state index in [4.69, 9.17) is 23.7 Å². The third kappa shape index (κ3) is 10.5. The predicted octanol–water partition coefficient (Wildman–Crippen LogP) is 5.45. The van der Waals surface area contributed by atoms with Crippen molar-refractivity contribution in [3.05, 3.63) is 23.3 Å². The molecule has 14 unspecified atom stereocenters. The van der Waals surface area contributed by atoms with Gasteiger partial charge in [-0.2, -0.15) is 0 Å². The minimum absolute atomic E-state index is 0.0374. The third-order valence-electron chi connectivity index (χ3n) is 13.0. The first-order valence-corrected chi connectivity index (χ1v) is 20.8. The van der Waals surface area contributed by atoms with Gasteiger partial charge in [-0.1, -0.05) is 39.8 Å². The van der Waals surface area contributed by atoms with E-state index in [1.165, 1.54) is 19.1 Å². The second-order valence-electron chi connectivity index (χ2n) is 17.0. The Morgan fingerprint density at radius 2 is 1.61 bits per heavy atom. The molecule has 0 aromatic heterocycles. The van der Waals surface area contributed by atoms with Crippen molar-refractivity contribution < 1.29 is 57.5 Å². The predicted molar refractivity (Wildman–Crippen MR) is 207 cm³/mol. The molecule has 0 aromatic rings. The van der Waals surface area contributed by atoms with Gasteiger partial charge in [-0.15, -0.1) is 0 Å². The summed E-state index contributed by atoms with van der Waals surface area (Å²) in [5, 5.41) is 22.4. The number of Topliss-reactive ketones (excluding diaryl/α,β-unsaturated/α-hetero) is 2. The van der Waals surface area contributed by atoms with Gasteiger partial charge in [-0.05, 0) is 107 Å². The molecule has 2 bridgehead atoms. The maximum atomic E-state index is 16.2. The SMILES string of the molecule is CCC1C=C(C)C(F)C(C)CC(OC)C2OC(O)(C(=O)C(=O)N3CCCCC3C(=O)OC(C(C)=CC3CCC(O)C(OC)C3)C(C)CCC1=O)C(C)CC2OC. The maximum absolute atomic E-state index is 16.2. The Balaban J connectivity index is 1.76. The summed E-state index contributed by atoms with van der Waals surface area (Å²) in [6.07, 6.45) is 2.80. The van der Waals surface area contributed by atoms with Gasteiger partial charge in [0.25, 0.3) is 11.7 Å². The van der Waals surface area contributed by atoms with Gasteiger partial charge in [0.05, 0.1) is 24.4 Å². The van der Waals surface area contributed by atoms with Crippen LogP contribution in [0, 0.1) is 29.6 Å². The topological polar surface area (TPSA) is 158 Å². The number of hydrogen-bond acceptors (Lipinski definition) is 11. The molecule has 13 heteroatoms. The van der Waals surface area contributed by atoms with E-state index in [1.807, 2.05) is 20.8 Å². The number of allylic oxidation sites excluding steroid dienone is 3. The largest absolute Gasteiger partial charge is 0.456 e. The van der Waals surface area contributed by atoms with Crippen LogP contribution in [0.2, 0.25) is 0 Å². The third-order valence-corrected chi connectivity index (χ3v) is 13.0. The van der Waals surface area contributed by atoms with Gasteiger partial charge in [0, 0.05) is 46.1 Å². The zero-order valence-electron chi connectivity index (χ0n) is 35.0. The molecule has 1 aliphatic carbocycles. The van der Waals surface area contributed by atoms with Crippen molar-refractivity contribution in [2.45, 2.75) is 167 Å². The molecule has 3 aliphatic heterocycles. The Morgan fingerprint density at radius 3 is 2.25 bits per heavy atom. The molecule has 14 atom stereocenters. The van der Waals surface area contributed by atoms with Gasteiger partial charge >= 0.3 is 5.97 Å². The molecule has 2 saturated heterocycles. The van der Waals surface area contributed by atoms with Crippen molar-refractivity contribution in [2.24, 2.45) is 29.6 Å². The van der Waals surface area contributed by atoms with Crippen LogP contribution in [0.15, 0.2) is 23.3 Å². The molecule has 56 heavy (non-hydrogen) atoms. The van der Waals surface area contributed by atoms with E-state index in [9.17, 15) is 29.4 Å². The van der Waals surface area contributed by atoms with Gasteiger partial charge in [0.1, 0.15) is 30.2 Å². The molecule has 4 rings (SSSR count). The lowest BCUT2D eigenvalue weighted by atomic mass is 9.81. The molecule has 0 aromatic carbocycles. The Bertz CT molecular complexity index is 1440. The van der Waals surface area contributed by atoms with Crippen LogP contribution < -0.4 is 0 Å². The summed E-state index contributed by atoms with van der Waals surface area (Å²) < 4.78 is 45.7. The summed E-state index contributed by atoms with van der Waals surface area (Å²) in [5.74, 6) is -7.77. The highest BCUT2D eigenvalue weighted by Gasteiger charge is 2.56. The van der Waals surface area contributed by atoms with Crippen LogP contribution in [0.3, 0.4) is 0 Å². The van der Waals surface area contributed by atoms with Crippen LogP contribution in [0.4, 0.5) is 4.39 Å². The van der Waals surface area contributed by atoms with E-state index in [0.29, 0.717) is 44.1 Å². The zero-order valence-corrected chi connectivity index (χ0v) is 35.0. The fourth-order valence-corrected chi connectivity index (χ4v) is 9.30. The number of cyclic esters (lactones) is 1. The quantitative estimate of drug-likeness (QED) is 0.200. The van der Waals surface area contributed by atoms with Crippen LogP contribution >= 0.6 is 0 Å². The lowest BCUT2D eigenvalue weighted by Gasteiger charge is -2.47. The smallest absolute Gasteiger partial charge is 0.329 e. The van der Waals surface area contributed by atoms with Crippen molar-refractivity contribution in [3.63, 3.8) is 0 Å². The first-order valence-electron chi connectivity index (χ1n) is 20.8. The number of piperidine rings is 1. The van der Waals surface area contributed by atoms with E-state index in [2.05, 4.69) is 6.08 Å². The molecule has 3 heterocycles. The van der Waals surface area contributed by atoms with Gasteiger partial charge in [0.15, 0.2) is 0 Å². The Hall–Kier alpha value is -2.55. The summed E-state index contributed by atoms with van der Waals surface area (Å²) in [4.78, 5) is 57.5. The van der Waals surface area contributed by atoms with Crippen LogP contribution in [0.25, 0.3) is 0 Å². The summed E-state index contributed by atoms with van der Waals surface area (Å²) in [7, 11) is 4.49. The molecular weight excluding hydrogens is 725 g/mol. The fourth-order valence-electron chi connectivity index (χ4n) is 9.30. The van der Waals surface area contributed by atoms with Crippen molar-refractivity contribution in [1.29, 1.82) is 0 Å². The number of halogens is 1. The zero-order chi connectivity index (χ0) is 41.5. The van der Waals surface area contributed by atoms with Crippen LogP contribution in [-0.2, 0) is 42.9 Å². The second kappa shape index (κ2) is 20.4. The average molecular weight is 794 g/mol. The molecule has 4 aliphatic rings. The highest BCUT2D eigenvalue weighted by Crippen LogP contribution is 2.39. The number of carbonyl (C=O) groups is 4. The number of nitrogens with zero attached hydrogens (tertiary/aromatic N) is 1. The van der Waals surface area contributed by atoms with E-state index in [-0.39, 0.29) is 56.0 Å². The van der Waals surface area contributed by atoms with E-state index in [1.54, 1.807) is 34.0 Å². The number of amides is 1. The van der Waals surface area contributed by atoms with E-state index >= 15 is 4.39 Å². The van der Waals surface area contributed by atoms with Crippen LogP contribution in [-0.4, -0.2) is 121 Å². The number of ether oxygens (including phenoxy) is 5. The lowest BCUT2D eigenvalue weighted by Crippen LogP contribution is -2.64.